The van der Waals surface area contributed by atoms with E-state index in [0.717, 1.165) is 4.47 Å². The molecule has 0 aliphatic rings. The highest BCUT2D eigenvalue weighted by atomic mass is 79.9. The van der Waals surface area contributed by atoms with E-state index in [0.29, 0.717) is 13.2 Å². The van der Waals surface area contributed by atoms with Gasteiger partial charge in [-0.2, -0.15) is 0 Å². The van der Waals surface area contributed by atoms with Crippen LogP contribution < -0.4 is 5.32 Å². The Labute approximate surface area is 124 Å². The Bertz CT molecular complexity index is 373. The lowest BCUT2D eigenvalue weighted by molar-refractivity contribution is -0.0482. The van der Waals surface area contributed by atoms with E-state index in [2.05, 4.69) is 40.3 Å². The largest absolute Gasteiger partial charge is 0.389 e. The SMILES string of the molecule is C[C@H](NCC(O)COC(C)(C)C)c1ccc(Br)cc1. The second kappa shape index (κ2) is 7.39. The normalized spacial score (nSPS) is 15.3. The number of hydrogen-bond donors (Lipinski definition) is 2. The number of aliphatic hydroxyl groups is 1. The third-order valence-corrected chi connectivity index (χ3v) is 3.27. The Hall–Kier alpha value is -0.420. The van der Waals surface area contributed by atoms with Crippen molar-refractivity contribution in [3.8, 4) is 0 Å². The van der Waals surface area contributed by atoms with Crippen molar-refractivity contribution in [1.82, 2.24) is 5.32 Å². The van der Waals surface area contributed by atoms with Crippen LogP contribution in [0.15, 0.2) is 28.7 Å². The van der Waals surface area contributed by atoms with Gasteiger partial charge in [-0.15, -0.1) is 0 Å². The molecule has 0 bridgehead atoms. The summed E-state index contributed by atoms with van der Waals surface area (Å²) in [5.41, 5.74) is 0.991. The predicted molar refractivity (Wildman–Crippen MR) is 82.3 cm³/mol. The van der Waals surface area contributed by atoms with Gasteiger partial charge in [0.1, 0.15) is 0 Å². The van der Waals surface area contributed by atoms with Crippen LogP contribution in [0.25, 0.3) is 0 Å². The molecule has 1 rings (SSSR count). The van der Waals surface area contributed by atoms with Crippen molar-refractivity contribution in [2.24, 2.45) is 0 Å². The highest BCUT2D eigenvalue weighted by Gasteiger charge is 2.14. The fourth-order valence-corrected chi connectivity index (χ4v) is 1.85. The van der Waals surface area contributed by atoms with Crippen molar-refractivity contribution in [3.63, 3.8) is 0 Å². The summed E-state index contributed by atoms with van der Waals surface area (Å²) in [7, 11) is 0. The number of ether oxygens (including phenoxy) is 1. The Morgan fingerprint density at radius 2 is 1.84 bits per heavy atom. The van der Waals surface area contributed by atoms with Gasteiger partial charge in [0.25, 0.3) is 0 Å². The van der Waals surface area contributed by atoms with E-state index < -0.39 is 6.10 Å². The van der Waals surface area contributed by atoms with Gasteiger partial charge in [-0.25, -0.2) is 0 Å². The fourth-order valence-electron chi connectivity index (χ4n) is 1.59. The van der Waals surface area contributed by atoms with Gasteiger partial charge in [-0.05, 0) is 45.4 Å². The monoisotopic (exact) mass is 329 g/mol. The Morgan fingerprint density at radius 1 is 1.26 bits per heavy atom. The highest BCUT2D eigenvalue weighted by molar-refractivity contribution is 9.10. The minimum atomic E-state index is -0.489. The van der Waals surface area contributed by atoms with E-state index >= 15 is 0 Å². The molecule has 0 aliphatic carbocycles. The smallest absolute Gasteiger partial charge is 0.0898 e. The van der Waals surface area contributed by atoms with Gasteiger partial charge in [0.05, 0.1) is 18.3 Å². The summed E-state index contributed by atoms with van der Waals surface area (Å²) in [4.78, 5) is 0. The average molecular weight is 330 g/mol. The van der Waals surface area contributed by atoms with E-state index in [-0.39, 0.29) is 11.6 Å². The van der Waals surface area contributed by atoms with Gasteiger partial charge >= 0.3 is 0 Å². The molecule has 1 unspecified atom stereocenters. The van der Waals surface area contributed by atoms with Crippen LogP contribution in [0.4, 0.5) is 0 Å². The van der Waals surface area contributed by atoms with Gasteiger partial charge in [0.15, 0.2) is 0 Å². The number of nitrogens with one attached hydrogen (secondary N) is 1. The first-order valence-electron chi connectivity index (χ1n) is 6.59. The highest BCUT2D eigenvalue weighted by Crippen LogP contribution is 2.16. The Morgan fingerprint density at radius 3 is 2.37 bits per heavy atom. The second-order valence-electron chi connectivity index (χ2n) is 5.76. The molecule has 0 aromatic heterocycles. The van der Waals surface area contributed by atoms with Crippen molar-refractivity contribution in [2.45, 2.75) is 45.4 Å². The molecule has 3 nitrogen and oxygen atoms in total. The molecular weight excluding hydrogens is 306 g/mol. The summed E-state index contributed by atoms with van der Waals surface area (Å²) in [6.45, 7) is 8.91. The van der Waals surface area contributed by atoms with Gasteiger partial charge < -0.3 is 15.2 Å². The molecule has 108 valence electrons. The fraction of sp³-hybridized carbons (Fsp3) is 0.600. The topological polar surface area (TPSA) is 41.5 Å². The first kappa shape index (κ1) is 16.6. The minimum absolute atomic E-state index is 0.206. The summed E-state index contributed by atoms with van der Waals surface area (Å²) in [6, 6.07) is 8.39. The standard InChI is InChI=1S/C15H24BrNO2/c1-11(12-5-7-13(16)8-6-12)17-9-14(18)10-19-15(2,3)4/h5-8,11,14,17-18H,9-10H2,1-4H3/t11-,14?/m0/s1. The van der Waals surface area contributed by atoms with Crippen LogP contribution in [0.5, 0.6) is 0 Å². The lowest BCUT2D eigenvalue weighted by atomic mass is 10.1. The van der Waals surface area contributed by atoms with Crippen molar-refractivity contribution < 1.29 is 9.84 Å². The number of halogens is 1. The molecule has 0 amide bonds. The lowest BCUT2D eigenvalue weighted by Gasteiger charge is -2.23. The van der Waals surface area contributed by atoms with E-state index in [9.17, 15) is 5.11 Å². The third-order valence-electron chi connectivity index (χ3n) is 2.74. The van der Waals surface area contributed by atoms with Crippen molar-refractivity contribution in [3.05, 3.63) is 34.3 Å². The van der Waals surface area contributed by atoms with Crippen molar-refractivity contribution in [1.29, 1.82) is 0 Å². The van der Waals surface area contributed by atoms with Crippen molar-refractivity contribution in [2.75, 3.05) is 13.2 Å². The number of rotatable bonds is 6. The summed E-state index contributed by atoms with van der Waals surface area (Å²) in [5.74, 6) is 0. The van der Waals surface area contributed by atoms with Gasteiger partial charge in [-0.1, -0.05) is 28.1 Å². The van der Waals surface area contributed by atoms with Crippen LogP contribution in [0, 0.1) is 0 Å². The predicted octanol–water partition coefficient (Wildman–Crippen LogP) is 3.28. The van der Waals surface area contributed by atoms with E-state index in [1.807, 2.05) is 32.9 Å². The molecule has 0 saturated heterocycles. The van der Waals surface area contributed by atoms with Gasteiger partial charge in [0, 0.05) is 17.1 Å². The van der Waals surface area contributed by atoms with Crippen LogP contribution in [-0.2, 0) is 4.74 Å². The summed E-state index contributed by atoms with van der Waals surface area (Å²) in [5, 5.41) is 13.2. The molecule has 0 fully saturated rings. The van der Waals surface area contributed by atoms with Crippen LogP contribution in [0.1, 0.15) is 39.3 Å². The lowest BCUT2D eigenvalue weighted by Crippen LogP contribution is -2.34. The molecule has 0 aliphatic heterocycles. The summed E-state index contributed by atoms with van der Waals surface area (Å²) >= 11 is 3.42. The molecule has 1 aromatic rings. The zero-order valence-corrected chi connectivity index (χ0v) is 13.7. The van der Waals surface area contributed by atoms with E-state index in [4.69, 9.17) is 4.74 Å². The van der Waals surface area contributed by atoms with Crippen LogP contribution in [0.3, 0.4) is 0 Å². The summed E-state index contributed by atoms with van der Waals surface area (Å²) < 4.78 is 6.62. The molecule has 0 spiro atoms. The molecule has 0 heterocycles. The maximum atomic E-state index is 9.86. The van der Waals surface area contributed by atoms with E-state index in [1.165, 1.54) is 5.56 Å². The van der Waals surface area contributed by atoms with Gasteiger partial charge in [-0.3, -0.25) is 0 Å². The number of benzene rings is 1. The molecule has 1 aromatic carbocycles. The molecule has 0 radical (unpaired) electrons. The van der Waals surface area contributed by atoms with Gasteiger partial charge in [0.2, 0.25) is 0 Å². The maximum absolute atomic E-state index is 9.86. The van der Waals surface area contributed by atoms with E-state index in [1.54, 1.807) is 0 Å². The van der Waals surface area contributed by atoms with Crippen molar-refractivity contribution >= 4 is 15.9 Å². The third kappa shape index (κ3) is 7.06. The number of hydrogen-bond acceptors (Lipinski definition) is 3. The maximum Gasteiger partial charge on any atom is 0.0898 e. The quantitative estimate of drug-likeness (QED) is 0.841. The zero-order valence-electron chi connectivity index (χ0n) is 12.1. The molecule has 2 N–H and O–H groups in total. The number of aliphatic hydroxyl groups excluding tert-OH is 1. The van der Waals surface area contributed by atoms with Crippen LogP contribution in [0.2, 0.25) is 0 Å². The Balaban J connectivity index is 2.33. The molecule has 0 saturated carbocycles. The summed E-state index contributed by atoms with van der Waals surface area (Å²) in [6.07, 6.45) is -0.489. The minimum Gasteiger partial charge on any atom is -0.389 e. The molecular formula is C15H24BrNO2. The zero-order chi connectivity index (χ0) is 14.5. The molecule has 4 heteroatoms. The first-order valence-corrected chi connectivity index (χ1v) is 7.38. The Kier molecular flexibility index (Phi) is 6.47. The average Bonchev–Trinajstić information content (AvgIpc) is 2.33. The second-order valence-corrected chi connectivity index (χ2v) is 6.67. The van der Waals surface area contributed by atoms with Crippen LogP contribution >= 0.6 is 15.9 Å². The molecule has 2 atom stereocenters. The van der Waals surface area contributed by atoms with Crippen LogP contribution in [-0.4, -0.2) is 30.0 Å². The first-order chi connectivity index (χ1) is 8.78. The molecule has 19 heavy (non-hydrogen) atoms.